The normalized spacial score (nSPS) is 10.2. The van der Waals surface area contributed by atoms with E-state index in [1.807, 2.05) is 42.5 Å². The highest BCUT2D eigenvalue weighted by Gasteiger charge is 2.06. The van der Waals surface area contributed by atoms with Crippen LogP contribution >= 0.6 is 0 Å². The Labute approximate surface area is 112 Å². The Morgan fingerprint density at radius 3 is 2.21 bits per heavy atom. The Morgan fingerprint density at radius 1 is 0.947 bits per heavy atom. The summed E-state index contributed by atoms with van der Waals surface area (Å²) in [7, 11) is 0. The molecule has 3 nitrogen and oxygen atoms in total. The van der Waals surface area contributed by atoms with Crippen LogP contribution in [0.15, 0.2) is 54.6 Å². The minimum atomic E-state index is -0.354. The Hall–Kier alpha value is -2.13. The number of aliphatic hydroxyl groups excluding tert-OH is 1. The zero-order valence-corrected chi connectivity index (χ0v) is 10.6. The van der Waals surface area contributed by atoms with E-state index in [0.29, 0.717) is 12.0 Å². The maximum absolute atomic E-state index is 11.7. The molecule has 0 aliphatic carbocycles. The Kier molecular flexibility index (Phi) is 4.70. The van der Waals surface area contributed by atoms with E-state index < -0.39 is 0 Å². The zero-order chi connectivity index (χ0) is 13.5. The van der Waals surface area contributed by atoms with Crippen LogP contribution in [-0.4, -0.2) is 24.3 Å². The molecule has 0 saturated heterocycles. The predicted octanol–water partition coefficient (Wildman–Crippen LogP) is 2.89. The van der Waals surface area contributed by atoms with Crippen LogP contribution in [0.2, 0.25) is 0 Å². The first-order chi connectivity index (χ1) is 9.31. The SMILES string of the molecule is O=C(OCCCO)c1ccc(-c2ccccc2)cc1. The van der Waals surface area contributed by atoms with E-state index in [9.17, 15) is 4.79 Å². The Balaban J connectivity index is 2.04. The third kappa shape index (κ3) is 3.66. The lowest BCUT2D eigenvalue weighted by molar-refractivity contribution is 0.0482. The molecule has 0 aromatic heterocycles. The van der Waals surface area contributed by atoms with Gasteiger partial charge in [-0.25, -0.2) is 4.79 Å². The average Bonchev–Trinajstić information content (AvgIpc) is 2.48. The second-order valence-electron chi connectivity index (χ2n) is 4.16. The number of ether oxygens (including phenoxy) is 1. The minimum absolute atomic E-state index is 0.0280. The first kappa shape index (κ1) is 13.3. The number of hydrogen-bond acceptors (Lipinski definition) is 3. The summed E-state index contributed by atoms with van der Waals surface area (Å²) in [5.74, 6) is -0.354. The number of aliphatic hydroxyl groups is 1. The monoisotopic (exact) mass is 256 g/mol. The van der Waals surface area contributed by atoms with E-state index >= 15 is 0 Å². The minimum Gasteiger partial charge on any atom is -0.462 e. The molecule has 0 unspecified atom stereocenters. The Morgan fingerprint density at radius 2 is 1.58 bits per heavy atom. The second kappa shape index (κ2) is 6.71. The molecule has 0 aliphatic rings. The van der Waals surface area contributed by atoms with Gasteiger partial charge in [-0.3, -0.25) is 0 Å². The number of hydrogen-bond donors (Lipinski definition) is 1. The molecule has 19 heavy (non-hydrogen) atoms. The van der Waals surface area contributed by atoms with Crippen molar-refractivity contribution in [3.05, 3.63) is 60.2 Å². The Bertz CT molecular complexity index is 517. The lowest BCUT2D eigenvalue weighted by atomic mass is 10.0. The van der Waals surface area contributed by atoms with Crippen LogP contribution in [0.1, 0.15) is 16.8 Å². The van der Waals surface area contributed by atoms with E-state index in [0.717, 1.165) is 11.1 Å². The van der Waals surface area contributed by atoms with Crippen LogP contribution in [0.5, 0.6) is 0 Å². The van der Waals surface area contributed by atoms with Crippen LogP contribution in [-0.2, 0) is 4.74 Å². The first-order valence-electron chi connectivity index (χ1n) is 6.25. The summed E-state index contributed by atoms with van der Waals surface area (Å²) in [5.41, 5.74) is 2.70. The van der Waals surface area contributed by atoms with E-state index in [4.69, 9.17) is 9.84 Å². The van der Waals surface area contributed by atoms with Crippen molar-refractivity contribution in [2.45, 2.75) is 6.42 Å². The average molecular weight is 256 g/mol. The summed E-state index contributed by atoms with van der Waals surface area (Å²) in [4.78, 5) is 11.7. The highest BCUT2D eigenvalue weighted by atomic mass is 16.5. The largest absolute Gasteiger partial charge is 0.462 e. The number of carbonyl (C=O) groups is 1. The molecule has 3 heteroatoms. The van der Waals surface area contributed by atoms with Crippen molar-refractivity contribution in [3.8, 4) is 11.1 Å². The number of carbonyl (C=O) groups excluding carboxylic acids is 1. The third-order valence-corrected chi connectivity index (χ3v) is 2.76. The maximum Gasteiger partial charge on any atom is 0.338 e. The molecule has 1 N–H and O–H groups in total. The smallest absolute Gasteiger partial charge is 0.338 e. The van der Waals surface area contributed by atoms with Gasteiger partial charge < -0.3 is 9.84 Å². The predicted molar refractivity (Wildman–Crippen MR) is 73.9 cm³/mol. The lowest BCUT2D eigenvalue weighted by Gasteiger charge is -2.05. The molecular weight excluding hydrogens is 240 g/mol. The summed E-state index contributed by atoms with van der Waals surface area (Å²) in [6.07, 6.45) is 0.466. The van der Waals surface area contributed by atoms with Crippen molar-refractivity contribution in [2.75, 3.05) is 13.2 Å². The van der Waals surface area contributed by atoms with Gasteiger partial charge in [0, 0.05) is 13.0 Å². The summed E-state index contributed by atoms with van der Waals surface area (Å²) in [5, 5.41) is 8.62. The molecule has 0 saturated carbocycles. The van der Waals surface area contributed by atoms with E-state index in [2.05, 4.69) is 0 Å². The molecule has 2 aromatic carbocycles. The van der Waals surface area contributed by atoms with Crippen molar-refractivity contribution in [1.82, 2.24) is 0 Å². The molecule has 2 rings (SSSR count). The fourth-order valence-electron chi connectivity index (χ4n) is 1.74. The van der Waals surface area contributed by atoms with Gasteiger partial charge in [-0.2, -0.15) is 0 Å². The number of benzene rings is 2. The number of esters is 1. The van der Waals surface area contributed by atoms with Gasteiger partial charge in [0.1, 0.15) is 0 Å². The zero-order valence-electron chi connectivity index (χ0n) is 10.6. The van der Waals surface area contributed by atoms with Gasteiger partial charge in [0.15, 0.2) is 0 Å². The molecule has 98 valence electrons. The topological polar surface area (TPSA) is 46.5 Å². The van der Waals surface area contributed by atoms with E-state index in [1.165, 1.54) is 0 Å². The summed E-state index contributed by atoms with van der Waals surface area (Å²) < 4.78 is 5.02. The first-order valence-corrected chi connectivity index (χ1v) is 6.25. The molecule has 0 bridgehead atoms. The van der Waals surface area contributed by atoms with Gasteiger partial charge in [-0.1, -0.05) is 42.5 Å². The maximum atomic E-state index is 11.7. The fraction of sp³-hybridized carbons (Fsp3) is 0.188. The van der Waals surface area contributed by atoms with Gasteiger partial charge in [0.2, 0.25) is 0 Å². The third-order valence-electron chi connectivity index (χ3n) is 2.76. The molecule has 0 heterocycles. The van der Waals surface area contributed by atoms with Crippen LogP contribution < -0.4 is 0 Å². The van der Waals surface area contributed by atoms with Crippen molar-refractivity contribution in [3.63, 3.8) is 0 Å². The second-order valence-corrected chi connectivity index (χ2v) is 4.16. The van der Waals surface area contributed by atoms with Crippen LogP contribution in [0.4, 0.5) is 0 Å². The van der Waals surface area contributed by atoms with Gasteiger partial charge in [0.25, 0.3) is 0 Å². The number of rotatable bonds is 5. The molecule has 0 amide bonds. The van der Waals surface area contributed by atoms with Gasteiger partial charge in [-0.15, -0.1) is 0 Å². The van der Waals surface area contributed by atoms with Crippen molar-refractivity contribution in [2.24, 2.45) is 0 Å². The standard InChI is InChI=1S/C16H16O3/c17-11-4-12-19-16(18)15-9-7-14(8-10-15)13-5-2-1-3-6-13/h1-3,5-10,17H,4,11-12H2. The van der Waals surface area contributed by atoms with Crippen molar-refractivity contribution < 1.29 is 14.6 Å². The molecule has 0 aliphatic heterocycles. The van der Waals surface area contributed by atoms with Crippen molar-refractivity contribution in [1.29, 1.82) is 0 Å². The highest BCUT2D eigenvalue weighted by molar-refractivity contribution is 5.90. The molecule has 0 atom stereocenters. The fourth-order valence-corrected chi connectivity index (χ4v) is 1.74. The summed E-state index contributed by atoms with van der Waals surface area (Å²) in [6, 6.07) is 17.3. The molecular formula is C16H16O3. The quantitative estimate of drug-likeness (QED) is 0.661. The van der Waals surface area contributed by atoms with Crippen molar-refractivity contribution >= 4 is 5.97 Å². The molecule has 0 spiro atoms. The van der Waals surface area contributed by atoms with E-state index in [-0.39, 0.29) is 19.2 Å². The van der Waals surface area contributed by atoms with Gasteiger partial charge in [-0.05, 0) is 23.3 Å². The van der Waals surface area contributed by atoms with Gasteiger partial charge >= 0.3 is 5.97 Å². The lowest BCUT2D eigenvalue weighted by Crippen LogP contribution is -2.07. The summed E-state index contributed by atoms with van der Waals surface area (Å²) >= 11 is 0. The van der Waals surface area contributed by atoms with Crippen LogP contribution in [0.25, 0.3) is 11.1 Å². The van der Waals surface area contributed by atoms with Crippen LogP contribution in [0.3, 0.4) is 0 Å². The van der Waals surface area contributed by atoms with Crippen LogP contribution in [0, 0.1) is 0 Å². The summed E-state index contributed by atoms with van der Waals surface area (Å²) in [6.45, 7) is 0.274. The van der Waals surface area contributed by atoms with Gasteiger partial charge in [0.05, 0.1) is 12.2 Å². The highest BCUT2D eigenvalue weighted by Crippen LogP contribution is 2.19. The molecule has 2 aromatic rings. The van der Waals surface area contributed by atoms with E-state index in [1.54, 1.807) is 12.1 Å². The molecule has 0 fully saturated rings. The molecule has 0 radical (unpaired) electrons.